The van der Waals surface area contributed by atoms with E-state index in [1.807, 2.05) is 35.6 Å². The number of ether oxygens (including phenoxy) is 2. The molecule has 0 aliphatic rings. The lowest BCUT2D eigenvalue weighted by Gasteiger charge is -2.14. The minimum absolute atomic E-state index is 0.112. The van der Waals surface area contributed by atoms with Crippen molar-refractivity contribution >= 4 is 28.7 Å². The van der Waals surface area contributed by atoms with Gasteiger partial charge in [-0.1, -0.05) is 48.5 Å². The topological polar surface area (TPSA) is 117 Å². The number of hydrogen-bond acceptors (Lipinski definition) is 7. The summed E-state index contributed by atoms with van der Waals surface area (Å²) in [4.78, 5) is 48.7. The van der Waals surface area contributed by atoms with Gasteiger partial charge in [-0.25, -0.2) is 14.3 Å². The quantitative estimate of drug-likeness (QED) is 0.640. The minimum atomic E-state index is -1.29. The van der Waals surface area contributed by atoms with Crippen molar-refractivity contribution in [1.29, 1.82) is 0 Å². The Kier molecular flexibility index (Phi) is 6.21. The number of fused-ring (bicyclic) bond motifs is 1. The van der Waals surface area contributed by atoms with Gasteiger partial charge in [-0.2, -0.15) is 5.10 Å². The normalized spacial score (nSPS) is 11.5. The number of carbonyl (C=O) groups excluding carboxylic acids is 3. The van der Waals surface area contributed by atoms with Gasteiger partial charge in [-0.15, -0.1) is 0 Å². The number of methoxy groups -OCH3 is 1. The first-order valence-corrected chi connectivity index (χ1v) is 9.04. The van der Waals surface area contributed by atoms with E-state index in [2.05, 4.69) is 9.84 Å². The zero-order chi connectivity index (χ0) is 21.7. The lowest BCUT2D eigenvalue weighted by molar-refractivity contribution is -0.128. The van der Waals surface area contributed by atoms with Gasteiger partial charge in [0.05, 0.1) is 19.0 Å². The molecule has 0 aliphatic heterocycles. The van der Waals surface area contributed by atoms with Crippen molar-refractivity contribution in [2.75, 3.05) is 7.11 Å². The molecule has 3 aromatic rings. The average Bonchev–Trinajstić information content (AvgIpc) is 2.76. The Morgan fingerprint density at radius 3 is 2.33 bits per heavy atom. The fraction of sp³-hybridized carbons (Fsp3) is 0.190. The SMILES string of the molecule is COC(=O)NC(=O)[C@H](C)OC(=O)c1nn(Cc2ccccc2)c(=O)c2ccccc12. The van der Waals surface area contributed by atoms with E-state index in [9.17, 15) is 19.2 Å². The molecule has 2 amide bonds. The predicted octanol–water partition coefficient (Wildman–Crippen LogP) is 1.87. The Bertz CT molecular complexity index is 1160. The van der Waals surface area contributed by atoms with Crippen LogP contribution in [0.4, 0.5) is 4.79 Å². The molecule has 9 heteroatoms. The van der Waals surface area contributed by atoms with Crippen molar-refractivity contribution < 1.29 is 23.9 Å². The largest absolute Gasteiger partial charge is 0.453 e. The molecular formula is C21H19N3O6. The minimum Gasteiger partial charge on any atom is -0.453 e. The third-order valence-electron chi connectivity index (χ3n) is 4.30. The monoisotopic (exact) mass is 409 g/mol. The van der Waals surface area contributed by atoms with Crippen molar-refractivity contribution in [3.05, 3.63) is 76.2 Å². The molecule has 0 unspecified atom stereocenters. The molecule has 0 fully saturated rings. The number of alkyl carbamates (subject to hydrolysis) is 1. The molecule has 0 radical (unpaired) electrons. The van der Waals surface area contributed by atoms with Gasteiger partial charge in [0.1, 0.15) is 0 Å². The van der Waals surface area contributed by atoms with E-state index < -0.39 is 24.1 Å². The van der Waals surface area contributed by atoms with Crippen LogP contribution in [0.25, 0.3) is 10.8 Å². The van der Waals surface area contributed by atoms with Gasteiger partial charge >= 0.3 is 12.1 Å². The standard InChI is InChI=1S/C21H19N3O6/c1-13(18(25)22-21(28)29-2)30-20(27)17-15-10-6-7-11-16(15)19(26)24(23-17)12-14-8-4-3-5-9-14/h3-11,13H,12H2,1-2H3,(H,22,25,28)/t13-/m0/s1. The maximum absolute atomic E-state index is 12.8. The van der Waals surface area contributed by atoms with Crippen LogP contribution in [0.5, 0.6) is 0 Å². The van der Waals surface area contributed by atoms with E-state index in [1.54, 1.807) is 24.3 Å². The second-order valence-electron chi connectivity index (χ2n) is 6.37. The highest BCUT2D eigenvalue weighted by Crippen LogP contribution is 2.15. The molecule has 0 bridgehead atoms. The number of imide groups is 1. The van der Waals surface area contributed by atoms with Gasteiger partial charge in [0.15, 0.2) is 11.8 Å². The molecule has 1 atom stereocenters. The molecular weight excluding hydrogens is 390 g/mol. The Hall–Kier alpha value is -4.01. The number of esters is 1. The van der Waals surface area contributed by atoms with Crippen LogP contribution in [0.1, 0.15) is 23.0 Å². The first kappa shape index (κ1) is 20.7. The zero-order valence-electron chi connectivity index (χ0n) is 16.3. The highest BCUT2D eigenvalue weighted by atomic mass is 16.6. The second kappa shape index (κ2) is 8.99. The van der Waals surface area contributed by atoms with Gasteiger partial charge in [0, 0.05) is 5.39 Å². The number of nitrogens with one attached hydrogen (secondary N) is 1. The third-order valence-corrected chi connectivity index (χ3v) is 4.30. The number of rotatable bonds is 5. The summed E-state index contributed by atoms with van der Waals surface area (Å²) in [5.74, 6) is -1.75. The molecule has 0 saturated heterocycles. The van der Waals surface area contributed by atoms with Crippen LogP contribution in [0.3, 0.4) is 0 Å². The summed E-state index contributed by atoms with van der Waals surface area (Å²) in [6.45, 7) is 1.46. The van der Waals surface area contributed by atoms with Crippen LogP contribution < -0.4 is 10.9 Å². The smallest absolute Gasteiger partial charge is 0.413 e. The average molecular weight is 409 g/mol. The Balaban J connectivity index is 1.95. The van der Waals surface area contributed by atoms with Gasteiger partial charge in [0.25, 0.3) is 11.5 Å². The number of carbonyl (C=O) groups is 3. The van der Waals surface area contributed by atoms with Crippen LogP contribution in [0, 0.1) is 0 Å². The fourth-order valence-corrected chi connectivity index (χ4v) is 2.77. The zero-order valence-corrected chi connectivity index (χ0v) is 16.3. The predicted molar refractivity (Wildman–Crippen MR) is 107 cm³/mol. The highest BCUT2D eigenvalue weighted by molar-refractivity contribution is 6.03. The number of benzene rings is 2. The molecule has 1 N–H and O–H groups in total. The maximum Gasteiger partial charge on any atom is 0.413 e. The van der Waals surface area contributed by atoms with E-state index in [0.717, 1.165) is 12.7 Å². The van der Waals surface area contributed by atoms with Crippen molar-refractivity contribution in [2.24, 2.45) is 0 Å². The number of hydrogen-bond donors (Lipinski definition) is 1. The molecule has 2 aromatic carbocycles. The Labute approximate surface area is 171 Å². The summed E-state index contributed by atoms with van der Waals surface area (Å²) in [5.41, 5.74) is 0.355. The lowest BCUT2D eigenvalue weighted by Crippen LogP contribution is -2.39. The first-order chi connectivity index (χ1) is 14.4. The molecule has 1 aromatic heterocycles. The highest BCUT2D eigenvalue weighted by Gasteiger charge is 2.24. The fourth-order valence-electron chi connectivity index (χ4n) is 2.77. The van der Waals surface area contributed by atoms with Gasteiger partial charge in [-0.05, 0) is 18.6 Å². The number of nitrogens with zero attached hydrogens (tertiary/aromatic N) is 2. The summed E-state index contributed by atoms with van der Waals surface area (Å²) in [6, 6.07) is 15.7. The van der Waals surface area contributed by atoms with Crippen molar-refractivity contribution in [3.8, 4) is 0 Å². The summed E-state index contributed by atoms with van der Waals surface area (Å²) >= 11 is 0. The molecule has 1 heterocycles. The number of aromatic nitrogens is 2. The number of amides is 2. The molecule has 9 nitrogen and oxygen atoms in total. The van der Waals surface area contributed by atoms with Crippen LogP contribution in [-0.4, -0.2) is 41.0 Å². The van der Waals surface area contributed by atoms with E-state index >= 15 is 0 Å². The van der Waals surface area contributed by atoms with E-state index in [0.29, 0.717) is 10.8 Å². The van der Waals surface area contributed by atoms with Crippen LogP contribution in [0.2, 0.25) is 0 Å². The van der Waals surface area contributed by atoms with Crippen molar-refractivity contribution in [2.45, 2.75) is 19.6 Å². The van der Waals surface area contributed by atoms with Gasteiger partial charge in [0.2, 0.25) is 0 Å². The summed E-state index contributed by atoms with van der Waals surface area (Å²) in [5, 5.41) is 6.71. The van der Waals surface area contributed by atoms with E-state index in [1.165, 1.54) is 11.6 Å². The second-order valence-corrected chi connectivity index (χ2v) is 6.37. The van der Waals surface area contributed by atoms with E-state index in [-0.39, 0.29) is 17.8 Å². The van der Waals surface area contributed by atoms with E-state index in [4.69, 9.17) is 4.74 Å². The first-order valence-electron chi connectivity index (χ1n) is 9.04. The Morgan fingerprint density at radius 2 is 1.67 bits per heavy atom. The van der Waals surface area contributed by atoms with Gasteiger partial charge in [-0.3, -0.25) is 14.9 Å². The van der Waals surface area contributed by atoms with Crippen LogP contribution in [0.15, 0.2) is 59.4 Å². The molecule has 154 valence electrons. The Morgan fingerprint density at radius 1 is 1.03 bits per heavy atom. The van der Waals surface area contributed by atoms with Crippen LogP contribution >= 0.6 is 0 Å². The molecule has 0 aliphatic carbocycles. The summed E-state index contributed by atoms with van der Waals surface area (Å²) in [7, 11) is 1.10. The summed E-state index contributed by atoms with van der Waals surface area (Å²) in [6.07, 6.45) is -2.26. The van der Waals surface area contributed by atoms with Crippen molar-refractivity contribution in [3.63, 3.8) is 0 Å². The van der Waals surface area contributed by atoms with Crippen molar-refractivity contribution in [1.82, 2.24) is 15.1 Å². The molecule has 30 heavy (non-hydrogen) atoms. The molecule has 0 saturated carbocycles. The van der Waals surface area contributed by atoms with Crippen LogP contribution in [-0.2, 0) is 20.8 Å². The molecule has 0 spiro atoms. The summed E-state index contributed by atoms with van der Waals surface area (Å²) < 4.78 is 10.7. The molecule has 3 rings (SSSR count). The lowest BCUT2D eigenvalue weighted by atomic mass is 10.1. The third kappa shape index (κ3) is 4.52. The maximum atomic E-state index is 12.8. The van der Waals surface area contributed by atoms with Gasteiger partial charge < -0.3 is 9.47 Å².